The fourth-order valence-electron chi connectivity index (χ4n) is 3.04. The molecule has 6 nitrogen and oxygen atoms in total. The minimum Gasteiger partial charge on any atom is -0.332 e. The SMILES string of the molecule is CCCCc1ccc2nc(NC(=O)c3ccc4c(=O)[nH]c(=S)[nH]c4c3)sc2c1. The zero-order valence-electron chi connectivity index (χ0n) is 15.2. The van der Waals surface area contributed by atoms with Crippen LogP contribution in [0.2, 0.25) is 0 Å². The van der Waals surface area contributed by atoms with Crippen LogP contribution in [0.5, 0.6) is 0 Å². The number of aromatic nitrogens is 3. The number of nitrogens with one attached hydrogen (secondary N) is 3. The third-order valence-electron chi connectivity index (χ3n) is 4.49. The van der Waals surface area contributed by atoms with E-state index in [4.69, 9.17) is 12.2 Å². The number of aromatic amines is 2. The van der Waals surface area contributed by atoms with Crippen LogP contribution in [-0.4, -0.2) is 20.9 Å². The molecule has 0 radical (unpaired) electrons. The molecule has 0 spiro atoms. The van der Waals surface area contributed by atoms with Crippen molar-refractivity contribution >= 4 is 55.7 Å². The maximum atomic E-state index is 12.6. The van der Waals surface area contributed by atoms with E-state index in [0.29, 0.717) is 21.6 Å². The van der Waals surface area contributed by atoms with E-state index in [1.165, 1.54) is 16.9 Å². The predicted octanol–water partition coefficient (Wildman–Crippen LogP) is 4.79. The van der Waals surface area contributed by atoms with Gasteiger partial charge in [-0.15, -0.1) is 0 Å². The Bertz CT molecular complexity index is 1300. The molecule has 2 aromatic carbocycles. The summed E-state index contributed by atoms with van der Waals surface area (Å²) < 4.78 is 1.28. The first-order valence-corrected chi connectivity index (χ1v) is 10.2. The lowest BCUT2D eigenvalue weighted by molar-refractivity contribution is 0.102. The number of fused-ring (bicyclic) bond motifs is 2. The molecule has 0 fully saturated rings. The Hall–Kier alpha value is -2.84. The number of carbonyl (C=O) groups is 1. The van der Waals surface area contributed by atoms with Crippen molar-refractivity contribution < 1.29 is 4.79 Å². The summed E-state index contributed by atoms with van der Waals surface area (Å²) in [6.07, 6.45) is 3.36. The fraction of sp³-hybridized carbons (Fsp3) is 0.200. The number of unbranched alkanes of at least 4 members (excludes halogenated alkanes) is 1. The topological polar surface area (TPSA) is 90.6 Å². The number of hydrogen-bond acceptors (Lipinski definition) is 5. The highest BCUT2D eigenvalue weighted by atomic mass is 32.1. The van der Waals surface area contributed by atoms with E-state index in [0.717, 1.165) is 29.5 Å². The largest absolute Gasteiger partial charge is 0.332 e. The summed E-state index contributed by atoms with van der Waals surface area (Å²) in [7, 11) is 0. The maximum absolute atomic E-state index is 12.6. The highest BCUT2D eigenvalue weighted by Crippen LogP contribution is 2.27. The lowest BCUT2D eigenvalue weighted by Gasteiger charge is -2.03. The van der Waals surface area contributed by atoms with Crippen molar-refractivity contribution in [3.8, 4) is 0 Å². The molecule has 2 aromatic heterocycles. The van der Waals surface area contributed by atoms with Crippen LogP contribution < -0.4 is 10.9 Å². The van der Waals surface area contributed by atoms with Gasteiger partial charge in [0.05, 0.1) is 21.1 Å². The van der Waals surface area contributed by atoms with E-state index in [9.17, 15) is 9.59 Å². The number of hydrogen-bond donors (Lipinski definition) is 3. The molecule has 0 aliphatic rings. The molecule has 0 saturated heterocycles. The lowest BCUT2D eigenvalue weighted by Crippen LogP contribution is -2.13. The van der Waals surface area contributed by atoms with Crippen molar-refractivity contribution in [2.75, 3.05) is 5.32 Å². The first-order valence-electron chi connectivity index (χ1n) is 9.00. The average molecular weight is 411 g/mol. The van der Waals surface area contributed by atoms with Gasteiger partial charge in [0.1, 0.15) is 0 Å². The summed E-state index contributed by atoms with van der Waals surface area (Å²) in [6, 6.07) is 11.1. The van der Waals surface area contributed by atoms with Crippen LogP contribution in [0.4, 0.5) is 5.13 Å². The fourth-order valence-corrected chi connectivity index (χ4v) is 4.17. The molecule has 2 heterocycles. The van der Waals surface area contributed by atoms with E-state index < -0.39 is 0 Å². The molecule has 0 aliphatic heterocycles. The molecule has 0 unspecified atom stereocenters. The predicted molar refractivity (Wildman–Crippen MR) is 116 cm³/mol. The van der Waals surface area contributed by atoms with Crippen LogP contribution in [0.1, 0.15) is 35.7 Å². The monoisotopic (exact) mass is 410 g/mol. The molecule has 28 heavy (non-hydrogen) atoms. The molecule has 0 bridgehead atoms. The van der Waals surface area contributed by atoms with Crippen molar-refractivity contribution in [3.05, 3.63) is 62.6 Å². The molecule has 0 aliphatic carbocycles. The van der Waals surface area contributed by atoms with Crippen LogP contribution in [0.15, 0.2) is 41.2 Å². The van der Waals surface area contributed by atoms with E-state index in [-0.39, 0.29) is 16.2 Å². The van der Waals surface area contributed by atoms with Crippen molar-refractivity contribution in [3.63, 3.8) is 0 Å². The first kappa shape index (κ1) is 18.5. The van der Waals surface area contributed by atoms with Crippen molar-refractivity contribution in [2.45, 2.75) is 26.2 Å². The summed E-state index contributed by atoms with van der Waals surface area (Å²) in [5.41, 5.74) is 2.81. The van der Waals surface area contributed by atoms with Gasteiger partial charge in [-0.05, 0) is 61.0 Å². The molecule has 1 amide bonds. The number of benzene rings is 2. The second-order valence-electron chi connectivity index (χ2n) is 6.55. The normalized spacial score (nSPS) is 11.2. The molecule has 3 N–H and O–H groups in total. The van der Waals surface area contributed by atoms with Crippen molar-refractivity contribution in [1.82, 2.24) is 15.0 Å². The van der Waals surface area contributed by atoms with E-state index in [2.05, 4.69) is 39.3 Å². The van der Waals surface area contributed by atoms with Gasteiger partial charge in [-0.25, -0.2) is 4.98 Å². The summed E-state index contributed by atoms with van der Waals surface area (Å²) in [5, 5.41) is 3.84. The highest BCUT2D eigenvalue weighted by Gasteiger charge is 2.12. The maximum Gasteiger partial charge on any atom is 0.259 e. The van der Waals surface area contributed by atoms with Crippen LogP contribution in [0.25, 0.3) is 21.1 Å². The van der Waals surface area contributed by atoms with E-state index in [1.54, 1.807) is 18.2 Å². The Morgan fingerprint density at radius 3 is 2.89 bits per heavy atom. The lowest BCUT2D eigenvalue weighted by atomic mass is 10.1. The second kappa shape index (κ2) is 7.65. The Balaban J connectivity index is 1.60. The van der Waals surface area contributed by atoms with Crippen molar-refractivity contribution in [2.24, 2.45) is 0 Å². The number of carbonyl (C=O) groups excluding carboxylic acids is 1. The summed E-state index contributed by atoms with van der Waals surface area (Å²) in [5.74, 6) is -0.285. The average Bonchev–Trinajstić information content (AvgIpc) is 3.07. The van der Waals surface area contributed by atoms with Gasteiger partial charge in [0.15, 0.2) is 9.90 Å². The molecule has 0 atom stereocenters. The minimum atomic E-state index is -0.285. The quantitative estimate of drug-likeness (QED) is 0.413. The second-order valence-corrected chi connectivity index (χ2v) is 7.99. The van der Waals surface area contributed by atoms with Gasteiger partial charge in [-0.1, -0.05) is 30.7 Å². The summed E-state index contributed by atoms with van der Waals surface area (Å²) in [6.45, 7) is 2.18. The number of rotatable bonds is 5. The van der Waals surface area contributed by atoms with Gasteiger partial charge >= 0.3 is 0 Å². The molecule has 4 rings (SSSR count). The van der Waals surface area contributed by atoms with Gasteiger partial charge < -0.3 is 4.98 Å². The zero-order chi connectivity index (χ0) is 19.7. The van der Waals surface area contributed by atoms with Crippen LogP contribution in [-0.2, 0) is 6.42 Å². The van der Waals surface area contributed by atoms with Gasteiger partial charge in [0.2, 0.25) is 0 Å². The number of aryl methyl sites for hydroxylation is 1. The smallest absolute Gasteiger partial charge is 0.259 e. The Morgan fingerprint density at radius 2 is 2.07 bits per heavy atom. The number of nitrogens with zero attached hydrogens (tertiary/aromatic N) is 1. The molecular weight excluding hydrogens is 392 g/mol. The number of H-pyrrole nitrogens is 2. The van der Waals surface area contributed by atoms with Crippen molar-refractivity contribution in [1.29, 1.82) is 0 Å². The van der Waals surface area contributed by atoms with Gasteiger partial charge in [0.25, 0.3) is 11.5 Å². The minimum absolute atomic E-state index is 0.222. The van der Waals surface area contributed by atoms with Crippen LogP contribution >= 0.6 is 23.6 Å². The molecule has 4 aromatic rings. The van der Waals surface area contributed by atoms with E-state index in [1.807, 2.05) is 6.07 Å². The summed E-state index contributed by atoms with van der Waals surface area (Å²) in [4.78, 5) is 34.5. The number of anilines is 1. The third-order valence-corrected chi connectivity index (χ3v) is 5.63. The standard InChI is InChI=1S/C20H18N4O2S2/c1-2-3-4-11-5-8-14-16(9-11)28-20(22-14)24-17(25)12-6-7-13-15(10-12)21-19(27)23-18(13)26/h5-10H,2-4H2,1H3,(H,22,24,25)(H2,21,23,26,27). The van der Waals surface area contributed by atoms with Crippen LogP contribution in [0.3, 0.4) is 0 Å². The summed E-state index contributed by atoms with van der Waals surface area (Å²) >= 11 is 6.45. The molecular formula is C20H18N4O2S2. The molecule has 142 valence electrons. The zero-order valence-corrected chi connectivity index (χ0v) is 16.8. The Labute approximate surface area is 169 Å². The van der Waals surface area contributed by atoms with Gasteiger partial charge in [-0.2, -0.15) is 0 Å². The van der Waals surface area contributed by atoms with Gasteiger partial charge in [-0.3, -0.25) is 19.9 Å². The van der Waals surface area contributed by atoms with E-state index >= 15 is 0 Å². The van der Waals surface area contributed by atoms with Gasteiger partial charge in [0, 0.05) is 5.56 Å². The number of amides is 1. The first-order chi connectivity index (χ1) is 13.5. The molecule has 0 saturated carbocycles. The highest BCUT2D eigenvalue weighted by molar-refractivity contribution is 7.71. The Morgan fingerprint density at radius 1 is 1.21 bits per heavy atom. The Kier molecular flexibility index (Phi) is 5.06. The number of thiazole rings is 1. The third kappa shape index (κ3) is 3.74. The molecule has 8 heteroatoms. The van der Waals surface area contributed by atoms with Crippen LogP contribution in [0, 0.1) is 4.77 Å².